The molecule has 0 fully saturated rings. The summed E-state index contributed by atoms with van der Waals surface area (Å²) in [6.07, 6.45) is 3.39. The van der Waals surface area contributed by atoms with Crippen LogP contribution >= 0.6 is 27.5 Å². The topological polar surface area (TPSA) is 43.6 Å². The average molecular weight is 288 g/mol. The fourth-order valence-corrected chi connectivity index (χ4v) is 1.41. The van der Waals surface area contributed by atoms with Crippen molar-refractivity contribution in [2.75, 3.05) is 0 Å². The maximum Gasteiger partial charge on any atom is 0.250 e. The summed E-state index contributed by atoms with van der Waals surface area (Å²) in [4.78, 5) is 8.43. The lowest BCUT2D eigenvalue weighted by Crippen LogP contribution is -2.03. The molecule has 2 heterocycles. The third kappa shape index (κ3) is 2.03. The van der Waals surface area contributed by atoms with Gasteiger partial charge in [-0.15, -0.1) is 0 Å². The van der Waals surface area contributed by atoms with E-state index in [2.05, 4.69) is 31.0 Å². The Morgan fingerprint density at radius 3 is 2.60 bits per heavy atom. The molecule has 0 amide bonds. The van der Waals surface area contributed by atoms with Gasteiger partial charge < -0.3 is 0 Å². The summed E-state index contributed by atoms with van der Waals surface area (Å²) in [5.74, 6) is 0.519. The van der Waals surface area contributed by atoms with Gasteiger partial charge in [-0.25, -0.2) is 14.6 Å². The molecule has 78 valence electrons. The molecule has 0 spiro atoms. The Labute approximate surface area is 100 Å². The number of halogens is 2. The predicted octanol–water partition coefficient (Wildman–Crippen LogP) is 2.70. The van der Waals surface area contributed by atoms with Gasteiger partial charge in [0.2, 0.25) is 0 Å². The number of nitrogens with zero attached hydrogens (tertiary/aromatic N) is 4. The van der Waals surface area contributed by atoms with Gasteiger partial charge in [-0.1, -0.05) is 11.6 Å². The smallest absolute Gasteiger partial charge is 0.218 e. The minimum atomic E-state index is 0.519. The summed E-state index contributed by atoms with van der Waals surface area (Å²) in [5.41, 5.74) is 1.63. The first kappa shape index (κ1) is 10.6. The van der Waals surface area contributed by atoms with Crippen LogP contribution in [0.3, 0.4) is 0 Å². The lowest BCUT2D eigenvalue weighted by molar-refractivity contribution is 0.788. The molecule has 6 heteroatoms. The van der Waals surface area contributed by atoms with Crippen molar-refractivity contribution in [2.24, 2.45) is 0 Å². The van der Waals surface area contributed by atoms with Gasteiger partial charge >= 0.3 is 0 Å². The predicted molar refractivity (Wildman–Crippen MR) is 61.3 cm³/mol. The van der Waals surface area contributed by atoms with E-state index in [0.717, 1.165) is 15.9 Å². The SMILES string of the molecule is Cc1nn(-c2ncc(Br)c(C)n2)cc1Cl. The molecule has 0 aliphatic carbocycles. The van der Waals surface area contributed by atoms with Crippen LogP contribution in [-0.4, -0.2) is 19.7 Å². The lowest BCUT2D eigenvalue weighted by Gasteiger charge is -2.01. The highest BCUT2D eigenvalue weighted by Gasteiger charge is 2.07. The van der Waals surface area contributed by atoms with Gasteiger partial charge in [-0.2, -0.15) is 5.10 Å². The molecule has 0 bridgehead atoms. The van der Waals surface area contributed by atoms with Crippen molar-refractivity contribution in [1.29, 1.82) is 0 Å². The molecule has 0 atom stereocenters. The molecule has 0 unspecified atom stereocenters. The molecule has 2 aromatic rings. The molecule has 0 saturated carbocycles. The third-order valence-electron chi connectivity index (χ3n) is 1.95. The highest BCUT2D eigenvalue weighted by molar-refractivity contribution is 9.10. The van der Waals surface area contributed by atoms with Gasteiger partial charge in [0.15, 0.2) is 0 Å². The summed E-state index contributed by atoms with van der Waals surface area (Å²) in [6.45, 7) is 3.73. The van der Waals surface area contributed by atoms with Crippen molar-refractivity contribution < 1.29 is 0 Å². The van der Waals surface area contributed by atoms with Crippen LogP contribution in [0.2, 0.25) is 5.02 Å². The van der Waals surface area contributed by atoms with E-state index in [1.54, 1.807) is 17.1 Å². The monoisotopic (exact) mass is 286 g/mol. The van der Waals surface area contributed by atoms with E-state index in [1.165, 1.54) is 0 Å². The van der Waals surface area contributed by atoms with Crippen LogP contribution in [0.25, 0.3) is 5.95 Å². The highest BCUT2D eigenvalue weighted by Crippen LogP contribution is 2.16. The van der Waals surface area contributed by atoms with E-state index in [1.807, 2.05) is 13.8 Å². The normalized spacial score (nSPS) is 10.7. The van der Waals surface area contributed by atoms with Crippen molar-refractivity contribution in [2.45, 2.75) is 13.8 Å². The standard InChI is InChI=1S/C9H8BrClN4/c1-5-7(10)3-12-9(13-5)15-4-8(11)6(2)14-15/h3-4H,1-2H3. The zero-order valence-electron chi connectivity index (χ0n) is 8.20. The van der Waals surface area contributed by atoms with Crippen LogP contribution in [0, 0.1) is 13.8 Å². The van der Waals surface area contributed by atoms with Gasteiger partial charge in [-0.05, 0) is 29.8 Å². The van der Waals surface area contributed by atoms with E-state index in [0.29, 0.717) is 11.0 Å². The Morgan fingerprint density at radius 2 is 2.07 bits per heavy atom. The second kappa shape index (κ2) is 3.90. The fraction of sp³-hybridized carbons (Fsp3) is 0.222. The van der Waals surface area contributed by atoms with Crippen molar-refractivity contribution >= 4 is 27.5 Å². The maximum absolute atomic E-state index is 5.90. The van der Waals surface area contributed by atoms with E-state index in [9.17, 15) is 0 Å². The molecule has 0 radical (unpaired) electrons. The maximum atomic E-state index is 5.90. The molecular weight excluding hydrogens is 279 g/mol. The Morgan fingerprint density at radius 1 is 1.33 bits per heavy atom. The number of hydrogen-bond acceptors (Lipinski definition) is 3. The van der Waals surface area contributed by atoms with Crippen LogP contribution in [0.5, 0.6) is 0 Å². The van der Waals surface area contributed by atoms with E-state index >= 15 is 0 Å². The summed E-state index contributed by atoms with van der Waals surface area (Å²) in [6, 6.07) is 0. The Kier molecular flexibility index (Phi) is 2.75. The second-order valence-corrected chi connectivity index (χ2v) is 4.37. The first-order valence-corrected chi connectivity index (χ1v) is 5.46. The number of rotatable bonds is 1. The molecule has 0 aliphatic heterocycles. The van der Waals surface area contributed by atoms with E-state index in [4.69, 9.17) is 11.6 Å². The second-order valence-electron chi connectivity index (χ2n) is 3.11. The van der Waals surface area contributed by atoms with Crippen LogP contribution in [0.15, 0.2) is 16.9 Å². The van der Waals surface area contributed by atoms with Crippen LogP contribution in [0.1, 0.15) is 11.4 Å². The molecule has 2 rings (SSSR count). The Hall–Kier alpha value is -0.940. The average Bonchev–Trinajstić information content (AvgIpc) is 2.52. The largest absolute Gasteiger partial charge is 0.250 e. The quantitative estimate of drug-likeness (QED) is 0.810. The number of hydrogen-bond donors (Lipinski definition) is 0. The molecule has 4 nitrogen and oxygen atoms in total. The first-order chi connectivity index (χ1) is 7.08. The lowest BCUT2D eigenvalue weighted by atomic mass is 10.5. The van der Waals surface area contributed by atoms with E-state index < -0.39 is 0 Å². The molecule has 0 saturated heterocycles. The highest BCUT2D eigenvalue weighted by atomic mass is 79.9. The third-order valence-corrected chi connectivity index (χ3v) is 3.10. The molecule has 0 N–H and O–H groups in total. The van der Waals surface area contributed by atoms with Crippen molar-refractivity contribution in [1.82, 2.24) is 19.7 Å². The van der Waals surface area contributed by atoms with Gasteiger partial charge in [0.1, 0.15) is 0 Å². The molecule has 15 heavy (non-hydrogen) atoms. The Balaban J connectivity index is 2.49. The van der Waals surface area contributed by atoms with E-state index in [-0.39, 0.29) is 0 Å². The minimum absolute atomic E-state index is 0.519. The summed E-state index contributed by atoms with van der Waals surface area (Å²) in [5, 5.41) is 4.81. The molecule has 0 aromatic carbocycles. The molecule has 2 aromatic heterocycles. The molecular formula is C9H8BrClN4. The van der Waals surface area contributed by atoms with Crippen molar-refractivity contribution in [3.63, 3.8) is 0 Å². The zero-order valence-corrected chi connectivity index (χ0v) is 10.5. The molecule has 0 aliphatic rings. The van der Waals surface area contributed by atoms with Crippen molar-refractivity contribution in [3.8, 4) is 5.95 Å². The summed E-state index contributed by atoms with van der Waals surface area (Å²) >= 11 is 9.24. The Bertz CT molecular complexity index is 489. The van der Waals surface area contributed by atoms with Crippen LogP contribution in [0.4, 0.5) is 0 Å². The summed E-state index contributed by atoms with van der Waals surface area (Å²) in [7, 11) is 0. The zero-order chi connectivity index (χ0) is 11.0. The fourth-order valence-electron chi connectivity index (χ4n) is 1.09. The van der Waals surface area contributed by atoms with Gasteiger partial charge in [0, 0.05) is 6.20 Å². The van der Waals surface area contributed by atoms with Gasteiger partial charge in [0.05, 0.1) is 27.1 Å². The van der Waals surface area contributed by atoms with Crippen molar-refractivity contribution in [3.05, 3.63) is 33.3 Å². The van der Waals surface area contributed by atoms with Gasteiger partial charge in [0.25, 0.3) is 5.95 Å². The van der Waals surface area contributed by atoms with Gasteiger partial charge in [-0.3, -0.25) is 0 Å². The van der Waals surface area contributed by atoms with Crippen LogP contribution < -0.4 is 0 Å². The van der Waals surface area contributed by atoms with Crippen LogP contribution in [-0.2, 0) is 0 Å². The summed E-state index contributed by atoms with van der Waals surface area (Å²) < 4.78 is 2.44. The number of aromatic nitrogens is 4. The minimum Gasteiger partial charge on any atom is -0.218 e. The first-order valence-electron chi connectivity index (χ1n) is 4.29. The number of aryl methyl sites for hydroxylation is 2.